The second-order valence-electron chi connectivity index (χ2n) is 1.79. The standard InChI is InChI=1S/C6H6FNO2/c7-6-1-4(3-9)5(10)2-8-6/h1-2,9-10H,3H2. The Morgan fingerprint density at radius 2 is 2.30 bits per heavy atom. The van der Waals surface area contributed by atoms with E-state index in [4.69, 9.17) is 10.2 Å². The lowest BCUT2D eigenvalue weighted by molar-refractivity contribution is 0.274. The van der Waals surface area contributed by atoms with Crippen LogP contribution in [0.2, 0.25) is 0 Å². The summed E-state index contributed by atoms with van der Waals surface area (Å²) in [5.41, 5.74) is 0.146. The van der Waals surface area contributed by atoms with Crippen molar-refractivity contribution in [3.63, 3.8) is 0 Å². The fourth-order valence-electron chi connectivity index (χ4n) is 0.587. The van der Waals surface area contributed by atoms with Gasteiger partial charge in [-0.15, -0.1) is 0 Å². The van der Waals surface area contributed by atoms with Gasteiger partial charge in [0.05, 0.1) is 12.8 Å². The molecule has 54 valence electrons. The Morgan fingerprint density at radius 1 is 1.60 bits per heavy atom. The van der Waals surface area contributed by atoms with Gasteiger partial charge in [0, 0.05) is 11.6 Å². The fourth-order valence-corrected chi connectivity index (χ4v) is 0.587. The Kier molecular flexibility index (Phi) is 1.82. The summed E-state index contributed by atoms with van der Waals surface area (Å²) in [6, 6.07) is 0.981. The predicted molar refractivity (Wildman–Crippen MR) is 31.8 cm³/mol. The van der Waals surface area contributed by atoms with Gasteiger partial charge in [0.25, 0.3) is 0 Å². The molecule has 4 heteroatoms. The third-order valence-electron chi connectivity index (χ3n) is 1.10. The monoisotopic (exact) mass is 143 g/mol. The quantitative estimate of drug-likeness (QED) is 0.560. The first-order valence-corrected chi connectivity index (χ1v) is 2.68. The van der Waals surface area contributed by atoms with Crippen molar-refractivity contribution in [1.82, 2.24) is 4.98 Å². The Morgan fingerprint density at radius 3 is 2.80 bits per heavy atom. The number of aliphatic hydroxyl groups is 1. The number of hydrogen-bond acceptors (Lipinski definition) is 3. The van der Waals surface area contributed by atoms with Crippen molar-refractivity contribution < 1.29 is 14.6 Å². The van der Waals surface area contributed by atoms with Crippen LogP contribution in [0.25, 0.3) is 0 Å². The van der Waals surface area contributed by atoms with Crippen LogP contribution < -0.4 is 0 Å². The van der Waals surface area contributed by atoms with Crippen LogP contribution in [0.5, 0.6) is 5.75 Å². The van der Waals surface area contributed by atoms with Crippen LogP contribution in [0.1, 0.15) is 5.56 Å². The van der Waals surface area contributed by atoms with E-state index in [9.17, 15) is 4.39 Å². The molecule has 1 aromatic heterocycles. The van der Waals surface area contributed by atoms with Gasteiger partial charge in [-0.05, 0) is 0 Å². The number of aromatic hydroxyl groups is 1. The molecule has 0 unspecified atom stereocenters. The molecule has 0 saturated carbocycles. The molecule has 1 aromatic rings. The van der Waals surface area contributed by atoms with Gasteiger partial charge in [0.1, 0.15) is 5.75 Å². The van der Waals surface area contributed by atoms with Crippen LogP contribution in [-0.4, -0.2) is 15.2 Å². The summed E-state index contributed by atoms with van der Waals surface area (Å²) in [5, 5.41) is 17.3. The molecule has 2 N–H and O–H groups in total. The maximum Gasteiger partial charge on any atom is 0.213 e. The number of pyridine rings is 1. The highest BCUT2D eigenvalue weighted by Gasteiger charge is 2.00. The Bertz CT molecular complexity index is 239. The van der Waals surface area contributed by atoms with Crippen molar-refractivity contribution in [1.29, 1.82) is 0 Å². The van der Waals surface area contributed by atoms with E-state index in [1.54, 1.807) is 0 Å². The van der Waals surface area contributed by atoms with Crippen LogP contribution in [0.15, 0.2) is 12.3 Å². The Hall–Kier alpha value is -1.16. The molecule has 0 saturated heterocycles. The van der Waals surface area contributed by atoms with E-state index < -0.39 is 5.95 Å². The van der Waals surface area contributed by atoms with E-state index in [0.717, 1.165) is 12.3 Å². The lowest BCUT2D eigenvalue weighted by Gasteiger charge is -1.97. The lowest BCUT2D eigenvalue weighted by Crippen LogP contribution is -1.88. The Labute approximate surface area is 56.8 Å². The molecule has 0 spiro atoms. The minimum atomic E-state index is -0.707. The van der Waals surface area contributed by atoms with Crippen LogP contribution in [0.4, 0.5) is 4.39 Å². The van der Waals surface area contributed by atoms with Crippen LogP contribution in [0.3, 0.4) is 0 Å². The first kappa shape index (κ1) is 6.95. The normalized spacial score (nSPS) is 9.80. The van der Waals surface area contributed by atoms with Crippen molar-refractivity contribution in [3.8, 4) is 5.75 Å². The number of halogens is 1. The number of aliphatic hydroxyl groups excluding tert-OH is 1. The molecule has 1 heterocycles. The summed E-state index contributed by atoms with van der Waals surface area (Å²) in [7, 11) is 0. The molecular weight excluding hydrogens is 137 g/mol. The first-order valence-electron chi connectivity index (χ1n) is 2.68. The highest BCUT2D eigenvalue weighted by atomic mass is 19.1. The van der Waals surface area contributed by atoms with Crippen molar-refractivity contribution >= 4 is 0 Å². The van der Waals surface area contributed by atoms with E-state index in [1.807, 2.05) is 0 Å². The molecule has 0 aliphatic carbocycles. The lowest BCUT2D eigenvalue weighted by atomic mass is 10.2. The zero-order valence-corrected chi connectivity index (χ0v) is 5.08. The van der Waals surface area contributed by atoms with Gasteiger partial charge in [0.2, 0.25) is 5.95 Å². The maximum absolute atomic E-state index is 12.2. The van der Waals surface area contributed by atoms with Gasteiger partial charge < -0.3 is 10.2 Å². The summed E-state index contributed by atoms with van der Waals surface area (Å²) >= 11 is 0. The molecule has 1 rings (SSSR count). The van der Waals surface area contributed by atoms with Gasteiger partial charge in [-0.25, -0.2) is 4.98 Å². The van der Waals surface area contributed by atoms with E-state index >= 15 is 0 Å². The van der Waals surface area contributed by atoms with Crippen molar-refractivity contribution in [2.75, 3.05) is 0 Å². The minimum Gasteiger partial charge on any atom is -0.506 e. The number of nitrogens with zero attached hydrogens (tertiary/aromatic N) is 1. The van der Waals surface area contributed by atoms with E-state index in [1.165, 1.54) is 0 Å². The van der Waals surface area contributed by atoms with Gasteiger partial charge in [0.15, 0.2) is 0 Å². The summed E-state index contributed by atoms with van der Waals surface area (Å²) in [5.74, 6) is -0.897. The van der Waals surface area contributed by atoms with Gasteiger partial charge >= 0.3 is 0 Å². The second kappa shape index (κ2) is 2.62. The summed E-state index contributed by atoms with van der Waals surface area (Å²) in [6.45, 7) is -0.384. The van der Waals surface area contributed by atoms with Crippen LogP contribution in [0, 0.1) is 5.95 Å². The van der Waals surface area contributed by atoms with Crippen molar-refractivity contribution in [2.45, 2.75) is 6.61 Å². The molecule has 0 aromatic carbocycles. The summed E-state index contributed by atoms with van der Waals surface area (Å²) in [4.78, 5) is 3.16. The number of aromatic nitrogens is 1. The minimum absolute atomic E-state index is 0.146. The summed E-state index contributed by atoms with van der Waals surface area (Å²) < 4.78 is 12.2. The third-order valence-corrected chi connectivity index (χ3v) is 1.10. The zero-order valence-electron chi connectivity index (χ0n) is 5.08. The van der Waals surface area contributed by atoms with Crippen LogP contribution >= 0.6 is 0 Å². The molecule has 10 heavy (non-hydrogen) atoms. The summed E-state index contributed by atoms with van der Waals surface area (Å²) in [6.07, 6.45) is 0.959. The molecule has 0 aliphatic heterocycles. The SMILES string of the molecule is OCc1cc(F)ncc1O. The van der Waals surface area contributed by atoms with Crippen LogP contribution in [-0.2, 0) is 6.61 Å². The van der Waals surface area contributed by atoms with E-state index in [0.29, 0.717) is 0 Å². The molecule has 0 bridgehead atoms. The van der Waals surface area contributed by atoms with Gasteiger partial charge in [-0.3, -0.25) is 0 Å². The smallest absolute Gasteiger partial charge is 0.213 e. The molecule has 0 aliphatic rings. The molecule has 0 fully saturated rings. The molecule has 3 nitrogen and oxygen atoms in total. The topological polar surface area (TPSA) is 53.4 Å². The van der Waals surface area contributed by atoms with Gasteiger partial charge in [-0.2, -0.15) is 4.39 Å². The van der Waals surface area contributed by atoms with Crippen molar-refractivity contribution in [3.05, 3.63) is 23.8 Å². The molecule has 0 atom stereocenters. The molecule has 0 radical (unpaired) electrons. The third kappa shape index (κ3) is 1.22. The fraction of sp³-hybridized carbons (Fsp3) is 0.167. The van der Waals surface area contributed by atoms with E-state index in [-0.39, 0.29) is 17.9 Å². The molecular formula is C6H6FNO2. The largest absolute Gasteiger partial charge is 0.506 e. The van der Waals surface area contributed by atoms with E-state index in [2.05, 4.69) is 4.98 Å². The number of rotatable bonds is 1. The average Bonchev–Trinajstić information content (AvgIpc) is 1.94. The average molecular weight is 143 g/mol. The molecule has 0 amide bonds. The van der Waals surface area contributed by atoms with Gasteiger partial charge in [-0.1, -0.05) is 0 Å². The highest BCUT2D eigenvalue weighted by Crippen LogP contribution is 2.14. The highest BCUT2D eigenvalue weighted by molar-refractivity contribution is 5.27. The maximum atomic E-state index is 12.2. The first-order chi connectivity index (χ1) is 4.74. The predicted octanol–water partition coefficient (Wildman–Crippen LogP) is 0.419. The Balaban J connectivity index is 3.09. The zero-order chi connectivity index (χ0) is 7.56. The number of hydrogen-bond donors (Lipinski definition) is 2. The second-order valence-corrected chi connectivity index (χ2v) is 1.79. The van der Waals surface area contributed by atoms with Crippen molar-refractivity contribution in [2.24, 2.45) is 0 Å².